The maximum absolute atomic E-state index is 6.01. The molecular formula is C24H31N3OS. The highest BCUT2D eigenvalue weighted by Gasteiger charge is 2.16. The zero-order valence-corrected chi connectivity index (χ0v) is 17.8. The average molecular weight is 410 g/mol. The van der Waals surface area contributed by atoms with Crippen LogP contribution in [0.3, 0.4) is 0 Å². The molecular weight excluding hydrogens is 378 g/mol. The Morgan fingerprint density at radius 3 is 2.28 bits per heavy atom. The van der Waals surface area contributed by atoms with Crippen molar-refractivity contribution in [1.82, 2.24) is 5.32 Å². The van der Waals surface area contributed by atoms with Crippen LogP contribution in [0, 0.1) is 0 Å². The summed E-state index contributed by atoms with van der Waals surface area (Å²) in [5, 5.41) is 7.18. The van der Waals surface area contributed by atoms with E-state index in [1.165, 1.54) is 69.3 Å². The van der Waals surface area contributed by atoms with E-state index in [0.29, 0.717) is 11.2 Å². The van der Waals surface area contributed by atoms with Gasteiger partial charge in [-0.1, -0.05) is 12.1 Å². The highest BCUT2D eigenvalue weighted by atomic mass is 32.1. The number of hydrogen-bond acceptors (Lipinski definition) is 3. The van der Waals surface area contributed by atoms with E-state index in [-0.39, 0.29) is 0 Å². The van der Waals surface area contributed by atoms with Crippen LogP contribution < -0.4 is 20.3 Å². The Bertz CT molecular complexity index is 779. The zero-order chi connectivity index (χ0) is 19.9. The normalized spacial score (nSPS) is 17.2. The molecule has 0 aromatic heterocycles. The van der Waals surface area contributed by atoms with Crippen LogP contribution in [0.1, 0.15) is 50.5 Å². The lowest BCUT2D eigenvalue weighted by atomic mass is 10.1. The van der Waals surface area contributed by atoms with Crippen molar-refractivity contribution in [3.63, 3.8) is 0 Å². The van der Waals surface area contributed by atoms with Crippen LogP contribution in [0.2, 0.25) is 0 Å². The summed E-state index contributed by atoms with van der Waals surface area (Å²) in [7, 11) is 0. The van der Waals surface area contributed by atoms with Crippen molar-refractivity contribution >= 4 is 28.7 Å². The molecule has 29 heavy (non-hydrogen) atoms. The number of rotatable bonds is 6. The number of ether oxygens (including phenoxy) is 1. The summed E-state index contributed by atoms with van der Waals surface area (Å²) in [4.78, 5) is 2.48. The smallest absolute Gasteiger partial charge is 0.171 e. The fourth-order valence-electron chi connectivity index (χ4n) is 4.15. The second kappa shape index (κ2) is 9.97. The lowest BCUT2D eigenvalue weighted by Gasteiger charge is -2.28. The molecule has 2 N–H and O–H groups in total. The Labute approximate surface area is 179 Å². The minimum atomic E-state index is 0.387. The largest absolute Gasteiger partial charge is 0.490 e. The predicted molar refractivity (Wildman–Crippen MR) is 125 cm³/mol. The van der Waals surface area contributed by atoms with E-state index >= 15 is 0 Å². The Morgan fingerprint density at radius 2 is 1.59 bits per heavy atom. The van der Waals surface area contributed by atoms with Crippen molar-refractivity contribution in [2.75, 3.05) is 23.3 Å². The van der Waals surface area contributed by atoms with Gasteiger partial charge in [0.25, 0.3) is 0 Å². The van der Waals surface area contributed by atoms with Crippen molar-refractivity contribution in [2.24, 2.45) is 0 Å². The van der Waals surface area contributed by atoms with E-state index in [4.69, 9.17) is 17.0 Å². The third-order valence-electron chi connectivity index (χ3n) is 5.83. The Kier molecular flexibility index (Phi) is 6.88. The van der Waals surface area contributed by atoms with E-state index < -0.39 is 0 Å². The second-order valence-corrected chi connectivity index (χ2v) is 8.48. The van der Waals surface area contributed by atoms with Gasteiger partial charge in [-0.15, -0.1) is 0 Å². The standard InChI is InChI=1S/C24H31N3OS/c29-24(26-20-10-14-23(15-11-20)28-22-6-2-3-7-22)25-18-19-8-12-21(13-9-19)27-16-4-1-5-17-27/h8-15,22H,1-7,16-18H2,(H2,25,26,29). The van der Waals surface area contributed by atoms with Crippen LogP contribution in [-0.4, -0.2) is 24.3 Å². The van der Waals surface area contributed by atoms with E-state index in [9.17, 15) is 0 Å². The van der Waals surface area contributed by atoms with Crippen molar-refractivity contribution in [3.8, 4) is 5.75 Å². The number of benzene rings is 2. The Hall–Kier alpha value is -2.27. The molecule has 2 aliphatic rings. The molecule has 0 bridgehead atoms. The zero-order valence-electron chi connectivity index (χ0n) is 17.0. The number of anilines is 2. The van der Waals surface area contributed by atoms with Gasteiger partial charge < -0.3 is 20.3 Å². The summed E-state index contributed by atoms with van der Waals surface area (Å²) in [5.74, 6) is 0.940. The first kappa shape index (κ1) is 20.0. The second-order valence-electron chi connectivity index (χ2n) is 8.07. The van der Waals surface area contributed by atoms with E-state index in [1.807, 2.05) is 24.3 Å². The Balaban J connectivity index is 1.22. The summed E-state index contributed by atoms with van der Waals surface area (Å²) >= 11 is 5.45. The predicted octanol–water partition coefficient (Wildman–Crippen LogP) is 5.48. The number of hydrogen-bond donors (Lipinski definition) is 2. The molecule has 0 atom stereocenters. The van der Waals surface area contributed by atoms with Crippen LogP contribution >= 0.6 is 12.2 Å². The van der Waals surface area contributed by atoms with Crippen LogP contribution in [0.25, 0.3) is 0 Å². The lowest BCUT2D eigenvalue weighted by Crippen LogP contribution is -2.29. The highest BCUT2D eigenvalue weighted by molar-refractivity contribution is 7.80. The third kappa shape index (κ3) is 5.86. The summed E-state index contributed by atoms with van der Waals surface area (Å²) < 4.78 is 6.01. The van der Waals surface area contributed by atoms with Gasteiger partial charge in [0.15, 0.2) is 5.11 Å². The summed E-state index contributed by atoms with van der Waals surface area (Å²) in [5.41, 5.74) is 3.53. The SMILES string of the molecule is S=C(NCc1ccc(N2CCCCC2)cc1)Nc1ccc(OC2CCCC2)cc1. The summed E-state index contributed by atoms with van der Waals surface area (Å²) in [6, 6.07) is 16.9. The quantitative estimate of drug-likeness (QED) is 0.618. The average Bonchev–Trinajstić information content (AvgIpc) is 3.28. The van der Waals surface area contributed by atoms with E-state index in [0.717, 1.165) is 18.0 Å². The molecule has 4 nitrogen and oxygen atoms in total. The van der Waals surface area contributed by atoms with Gasteiger partial charge in [-0.2, -0.15) is 0 Å². The molecule has 5 heteroatoms. The van der Waals surface area contributed by atoms with Gasteiger partial charge in [-0.05, 0) is 99.1 Å². The van der Waals surface area contributed by atoms with Crippen molar-refractivity contribution < 1.29 is 4.74 Å². The van der Waals surface area contributed by atoms with Crippen molar-refractivity contribution in [1.29, 1.82) is 0 Å². The van der Waals surface area contributed by atoms with Crippen molar-refractivity contribution in [3.05, 3.63) is 54.1 Å². The highest BCUT2D eigenvalue weighted by Crippen LogP contribution is 2.25. The monoisotopic (exact) mass is 409 g/mol. The molecule has 2 aromatic carbocycles. The van der Waals surface area contributed by atoms with Crippen LogP contribution in [-0.2, 0) is 6.54 Å². The molecule has 154 valence electrons. The minimum absolute atomic E-state index is 0.387. The minimum Gasteiger partial charge on any atom is -0.490 e. The number of piperidine rings is 1. The molecule has 0 spiro atoms. The molecule has 0 radical (unpaired) electrons. The molecule has 1 aliphatic heterocycles. The first-order valence-corrected chi connectivity index (χ1v) is 11.3. The fraction of sp³-hybridized carbons (Fsp3) is 0.458. The van der Waals surface area contributed by atoms with E-state index in [1.54, 1.807) is 0 Å². The van der Waals surface area contributed by atoms with Crippen LogP contribution in [0.15, 0.2) is 48.5 Å². The summed E-state index contributed by atoms with van der Waals surface area (Å²) in [6.45, 7) is 3.07. The lowest BCUT2D eigenvalue weighted by molar-refractivity contribution is 0.210. The fourth-order valence-corrected chi connectivity index (χ4v) is 4.34. The number of nitrogens with one attached hydrogen (secondary N) is 2. The molecule has 1 saturated heterocycles. The van der Waals surface area contributed by atoms with Gasteiger partial charge in [-0.25, -0.2) is 0 Å². The number of nitrogens with zero attached hydrogens (tertiary/aromatic N) is 1. The summed E-state index contributed by atoms with van der Waals surface area (Å²) in [6.07, 6.45) is 9.27. The van der Waals surface area contributed by atoms with Gasteiger partial charge in [-0.3, -0.25) is 0 Å². The molecule has 0 amide bonds. The molecule has 2 fully saturated rings. The van der Waals surface area contributed by atoms with E-state index in [2.05, 4.69) is 39.8 Å². The molecule has 1 saturated carbocycles. The first-order valence-electron chi connectivity index (χ1n) is 10.9. The molecule has 1 heterocycles. The van der Waals surface area contributed by atoms with Gasteiger partial charge >= 0.3 is 0 Å². The van der Waals surface area contributed by atoms with Crippen molar-refractivity contribution in [2.45, 2.75) is 57.6 Å². The van der Waals surface area contributed by atoms with Gasteiger partial charge in [0.1, 0.15) is 5.75 Å². The van der Waals surface area contributed by atoms with Crippen LogP contribution in [0.4, 0.5) is 11.4 Å². The molecule has 1 aliphatic carbocycles. The molecule has 0 unspecified atom stereocenters. The molecule has 4 rings (SSSR count). The maximum atomic E-state index is 6.01. The first-order chi connectivity index (χ1) is 14.3. The number of thiocarbonyl (C=S) groups is 1. The van der Waals surface area contributed by atoms with Crippen LogP contribution in [0.5, 0.6) is 5.75 Å². The Morgan fingerprint density at radius 1 is 0.897 bits per heavy atom. The maximum Gasteiger partial charge on any atom is 0.171 e. The van der Waals surface area contributed by atoms with Gasteiger partial charge in [0.2, 0.25) is 0 Å². The van der Waals surface area contributed by atoms with Gasteiger partial charge in [0, 0.05) is 31.0 Å². The van der Waals surface area contributed by atoms with Gasteiger partial charge in [0.05, 0.1) is 6.10 Å². The molecule has 2 aromatic rings. The third-order valence-corrected chi connectivity index (χ3v) is 6.07. The topological polar surface area (TPSA) is 36.5 Å².